The van der Waals surface area contributed by atoms with E-state index in [1.165, 1.54) is 12.1 Å². The highest BCUT2D eigenvalue weighted by Gasteiger charge is 2.37. The van der Waals surface area contributed by atoms with E-state index in [1.807, 2.05) is 0 Å². The zero-order chi connectivity index (χ0) is 20.5. The van der Waals surface area contributed by atoms with Crippen molar-refractivity contribution in [3.8, 4) is 22.8 Å². The zero-order valence-corrected chi connectivity index (χ0v) is 16.4. The third kappa shape index (κ3) is 4.11. The lowest BCUT2D eigenvalue weighted by Gasteiger charge is -2.46. The molecule has 1 N–H and O–H groups in total. The summed E-state index contributed by atoms with van der Waals surface area (Å²) in [4.78, 5) is 4.45. The molecule has 2 atom stereocenters. The van der Waals surface area contributed by atoms with Crippen LogP contribution in [0.1, 0.15) is 12.0 Å². The molecule has 9 heteroatoms. The first-order valence-corrected chi connectivity index (χ1v) is 9.61. The van der Waals surface area contributed by atoms with Crippen molar-refractivity contribution in [3.05, 3.63) is 29.8 Å². The molecule has 0 bridgehead atoms. The van der Waals surface area contributed by atoms with E-state index in [9.17, 15) is 13.9 Å². The number of aryl methyl sites for hydroxylation is 1. The minimum Gasteiger partial charge on any atom is -0.507 e. The van der Waals surface area contributed by atoms with Gasteiger partial charge in [0.15, 0.2) is 5.82 Å². The Bertz CT molecular complexity index is 866. The van der Waals surface area contributed by atoms with Crippen LogP contribution in [0.4, 0.5) is 14.6 Å². The van der Waals surface area contributed by atoms with Crippen molar-refractivity contribution >= 4 is 5.82 Å². The fourth-order valence-electron chi connectivity index (χ4n) is 4.11. The van der Waals surface area contributed by atoms with Gasteiger partial charge < -0.3 is 24.4 Å². The van der Waals surface area contributed by atoms with E-state index in [2.05, 4.69) is 31.8 Å². The molecule has 0 spiro atoms. The smallest absolute Gasteiger partial charge is 0.387 e. The van der Waals surface area contributed by atoms with Gasteiger partial charge in [0, 0.05) is 19.6 Å². The average molecular weight is 406 g/mol. The number of likely N-dealkylation sites (N-methyl/N-ethyl adjacent to an activating group) is 1. The summed E-state index contributed by atoms with van der Waals surface area (Å²) in [6.07, 6.45) is 1.13. The topological polar surface area (TPSA) is 71.0 Å². The molecule has 1 aromatic heterocycles. The molecular formula is C20H24F2N4O3. The number of fused-ring (bicyclic) bond motifs is 1. The first kappa shape index (κ1) is 19.8. The van der Waals surface area contributed by atoms with Gasteiger partial charge in [-0.15, -0.1) is 10.2 Å². The third-order valence-electron chi connectivity index (χ3n) is 5.43. The maximum Gasteiger partial charge on any atom is 0.387 e. The Hall–Kier alpha value is -2.52. The Morgan fingerprint density at radius 3 is 2.79 bits per heavy atom. The zero-order valence-electron chi connectivity index (χ0n) is 16.4. The Morgan fingerprint density at radius 1 is 1.24 bits per heavy atom. The molecule has 3 heterocycles. The molecule has 29 heavy (non-hydrogen) atoms. The number of alkyl halides is 2. The second-order valence-corrected chi connectivity index (χ2v) is 7.53. The van der Waals surface area contributed by atoms with Crippen LogP contribution in [0.15, 0.2) is 24.3 Å². The number of aromatic hydroxyl groups is 1. The molecule has 156 valence electrons. The van der Waals surface area contributed by atoms with E-state index >= 15 is 0 Å². The van der Waals surface area contributed by atoms with Gasteiger partial charge in [-0.1, -0.05) is 0 Å². The number of piperidine rings is 1. The van der Waals surface area contributed by atoms with E-state index in [-0.39, 0.29) is 34.9 Å². The molecule has 7 nitrogen and oxygen atoms in total. The van der Waals surface area contributed by atoms with Crippen LogP contribution in [0.5, 0.6) is 11.5 Å². The van der Waals surface area contributed by atoms with Gasteiger partial charge in [-0.25, -0.2) is 0 Å². The molecule has 2 aliphatic rings. The molecule has 0 aliphatic carbocycles. The Balaban J connectivity index is 1.63. The van der Waals surface area contributed by atoms with Crippen molar-refractivity contribution in [1.82, 2.24) is 15.1 Å². The summed E-state index contributed by atoms with van der Waals surface area (Å²) >= 11 is 0. The number of ether oxygens (including phenoxy) is 2. The highest BCUT2D eigenvalue weighted by molar-refractivity contribution is 5.74. The second-order valence-electron chi connectivity index (χ2n) is 7.53. The first-order chi connectivity index (χ1) is 13.9. The predicted molar refractivity (Wildman–Crippen MR) is 103 cm³/mol. The summed E-state index contributed by atoms with van der Waals surface area (Å²) in [5.74, 6) is 0.396. The number of morpholine rings is 1. The van der Waals surface area contributed by atoms with E-state index in [4.69, 9.17) is 4.74 Å². The number of hydrogen-bond donors (Lipinski definition) is 1. The number of nitrogens with zero attached hydrogens (tertiary/aromatic N) is 4. The highest BCUT2D eigenvalue weighted by atomic mass is 19.3. The lowest BCUT2D eigenvalue weighted by atomic mass is 9.99. The monoisotopic (exact) mass is 406 g/mol. The van der Waals surface area contributed by atoms with Crippen molar-refractivity contribution in [2.75, 3.05) is 38.2 Å². The van der Waals surface area contributed by atoms with Gasteiger partial charge in [0.1, 0.15) is 17.2 Å². The lowest BCUT2D eigenvalue weighted by molar-refractivity contribution is -0.0495. The van der Waals surface area contributed by atoms with E-state index in [1.54, 1.807) is 19.1 Å². The second kappa shape index (κ2) is 8.08. The number of halogens is 2. The molecule has 0 radical (unpaired) electrons. The van der Waals surface area contributed by atoms with E-state index in [0.717, 1.165) is 19.5 Å². The highest BCUT2D eigenvalue weighted by Crippen LogP contribution is 2.39. The first-order valence-electron chi connectivity index (χ1n) is 9.61. The predicted octanol–water partition coefficient (Wildman–Crippen LogP) is 2.67. The molecule has 0 saturated carbocycles. The van der Waals surface area contributed by atoms with Crippen LogP contribution in [-0.4, -0.2) is 72.2 Å². The Morgan fingerprint density at radius 2 is 2.07 bits per heavy atom. The number of rotatable bonds is 4. The van der Waals surface area contributed by atoms with Gasteiger partial charge in [-0.2, -0.15) is 8.78 Å². The summed E-state index contributed by atoms with van der Waals surface area (Å²) in [5, 5.41) is 18.8. The third-order valence-corrected chi connectivity index (χ3v) is 5.43. The number of hydrogen-bond acceptors (Lipinski definition) is 7. The van der Waals surface area contributed by atoms with Gasteiger partial charge in [-0.3, -0.25) is 0 Å². The molecule has 4 rings (SSSR count). The summed E-state index contributed by atoms with van der Waals surface area (Å²) in [6, 6.07) is 6.58. The largest absolute Gasteiger partial charge is 0.507 e. The molecular weight excluding hydrogens is 382 g/mol. The summed E-state index contributed by atoms with van der Waals surface area (Å²) < 4.78 is 36.1. The van der Waals surface area contributed by atoms with Gasteiger partial charge >= 0.3 is 6.61 Å². The van der Waals surface area contributed by atoms with Gasteiger partial charge in [0.05, 0.1) is 24.3 Å². The summed E-state index contributed by atoms with van der Waals surface area (Å²) in [5.41, 5.74) is 0.979. The molecule has 0 amide bonds. The molecule has 2 fully saturated rings. The maximum absolute atomic E-state index is 12.8. The fraction of sp³-hybridized carbons (Fsp3) is 0.500. The quantitative estimate of drug-likeness (QED) is 0.837. The molecule has 0 unspecified atom stereocenters. The number of anilines is 1. The minimum atomic E-state index is -3.00. The fourth-order valence-corrected chi connectivity index (χ4v) is 4.11. The van der Waals surface area contributed by atoms with Crippen LogP contribution in [0.3, 0.4) is 0 Å². The molecule has 2 aliphatic heterocycles. The molecule has 2 aromatic rings. The maximum atomic E-state index is 12.8. The van der Waals surface area contributed by atoms with Crippen LogP contribution in [0.2, 0.25) is 0 Å². The Labute approximate surface area is 167 Å². The SMILES string of the molecule is Cc1cc(O)c(-c2ccc(N3CCO[C@@H]4CCN(C)C[C@@H]43)nn2)c(OC(F)F)c1. The summed E-state index contributed by atoms with van der Waals surface area (Å²) in [6.45, 7) is 1.89. The van der Waals surface area contributed by atoms with Gasteiger partial charge in [0.25, 0.3) is 0 Å². The Kier molecular flexibility index (Phi) is 5.51. The van der Waals surface area contributed by atoms with Crippen molar-refractivity contribution in [1.29, 1.82) is 0 Å². The molecule has 1 aromatic carbocycles. The normalized spacial score (nSPS) is 22.6. The standard InChI is InChI=1S/C20H24F2N4O3/c1-12-9-15(27)19(17(10-12)29-20(21)22)13-3-4-18(24-23-13)26-7-8-28-16-5-6-25(2)11-14(16)26/h3-4,9-10,14,16,20,27H,5-8,11H2,1-2H3/t14-,16+/m0/s1. The average Bonchev–Trinajstić information content (AvgIpc) is 2.67. The van der Waals surface area contributed by atoms with Crippen LogP contribution in [0.25, 0.3) is 11.3 Å². The number of phenols is 1. The van der Waals surface area contributed by atoms with Crippen molar-refractivity contribution < 1.29 is 23.4 Å². The van der Waals surface area contributed by atoms with Crippen LogP contribution < -0.4 is 9.64 Å². The number of phenolic OH excluding ortho intramolecular Hbond substituents is 1. The molecule has 2 saturated heterocycles. The minimum absolute atomic E-state index is 0.104. The number of likely N-dealkylation sites (tertiary alicyclic amines) is 1. The van der Waals surface area contributed by atoms with Crippen LogP contribution in [-0.2, 0) is 4.74 Å². The van der Waals surface area contributed by atoms with Crippen LogP contribution >= 0.6 is 0 Å². The number of aromatic nitrogens is 2. The van der Waals surface area contributed by atoms with Crippen molar-refractivity contribution in [2.45, 2.75) is 32.1 Å². The van der Waals surface area contributed by atoms with Gasteiger partial charge in [0.2, 0.25) is 0 Å². The lowest BCUT2D eigenvalue weighted by Crippen LogP contribution is -2.59. The summed E-state index contributed by atoms with van der Waals surface area (Å²) in [7, 11) is 2.09. The number of benzene rings is 1. The van der Waals surface area contributed by atoms with E-state index < -0.39 is 6.61 Å². The van der Waals surface area contributed by atoms with Crippen molar-refractivity contribution in [3.63, 3.8) is 0 Å². The van der Waals surface area contributed by atoms with Gasteiger partial charge in [-0.05, 0) is 50.2 Å². The van der Waals surface area contributed by atoms with E-state index in [0.29, 0.717) is 24.5 Å². The van der Waals surface area contributed by atoms with Crippen LogP contribution in [0, 0.1) is 6.92 Å². The van der Waals surface area contributed by atoms with Crippen molar-refractivity contribution in [2.24, 2.45) is 0 Å².